The molecule has 0 rings (SSSR count). The molecule has 0 aliphatic heterocycles. The Balaban J connectivity index is 3.52. The summed E-state index contributed by atoms with van der Waals surface area (Å²) < 4.78 is 5.68. The molecular formula is C27H52O4. The minimum atomic E-state index is -0.732. The molecule has 0 aliphatic carbocycles. The Morgan fingerprint density at radius 1 is 0.581 bits per heavy atom. The summed E-state index contributed by atoms with van der Waals surface area (Å²) in [6.07, 6.45) is 24.5. The van der Waals surface area contributed by atoms with Crippen LogP contribution in [0.1, 0.15) is 155 Å². The van der Waals surface area contributed by atoms with E-state index in [-0.39, 0.29) is 18.5 Å². The van der Waals surface area contributed by atoms with Crippen LogP contribution in [0.3, 0.4) is 0 Å². The summed E-state index contributed by atoms with van der Waals surface area (Å²) in [4.78, 5) is 22.7. The van der Waals surface area contributed by atoms with Crippen LogP contribution in [0.4, 0.5) is 0 Å². The van der Waals surface area contributed by atoms with E-state index in [2.05, 4.69) is 13.8 Å². The first-order valence-corrected chi connectivity index (χ1v) is 13.5. The Bertz CT molecular complexity index is 408. The molecule has 0 aromatic carbocycles. The van der Waals surface area contributed by atoms with Crippen LogP contribution < -0.4 is 0 Å². The van der Waals surface area contributed by atoms with Crippen LogP contribution >= 0.6 is 0 Å². The zero-order chi connectivity index (χ0) is 23.0. The third kappa shape index (κ3) is 23.4. The van der Waals surface area contributed by atoms with Gasteiger partial charge in [-0.2, -0.15) is 0 Å². The maximum Gasteiger partial charge on any atom is 0.306 e. The highest BCUT2D eigenvalue weighted by atomic mass is 16.5. The van der Waals surface area contributed by atoms with E-state index < -0.39 is 5.97 Å². The lowest BCUT2D eigenvalue weighted by molar-refractivity contribution is -0.150. The number of unbranched alkanes of at least 4 members (excludes halogenated alkanes) is 15. The second kappa shape index (κ2) is 23.6. The van der Waals surface area contributed by atoms with Crippen molar-refractivity contribution in [2.24, 2.45) is 0 Å². The Hall–Kier alpha value is -1.06. The molecular weight excluding hydrogens is 388 g/mol. The van der Waals surface area contributed by atoms with Gasteiger partial charge in [0.1, 0.15) is 6.10 Å². The number of aliphatic carboxylic acids is 1. The molecule has 0 fully saturated rings. The van der Waals surface area contributed by atoms with Crippen LogP contribution in [-0.2, 0) is 14.3 Å². The molecule has 1 atom stereocenters. The molecule has 4 heteroatoms. The van der Waals surface area contributed by atoms with Gasteiger partial charge >= 0.3 is 11.9 Å². The number of hydrogen-bond acceptors (Lipinski definition) is 3. The molecule has 4 nitrogen and oxygen atoms in total. The molecule has 1 unspecified atom stereocenters. The van der Waals surface area contributed by atoms with Gasteiger partial charge in [-0.3, -0.25) is 9.59 Å². The molecule has 0 saturated carbocycles. The van der Waals surface area contributed by atoms with Gasteiger partial charge in [0.25, 0.3) is 0 Å². The summed E-state index contributed by atoms with van der Waals surface area (Å²) in [5.74, 6) is -0.785. The van der Waals surface area contributed by atoms with Crippen molar-refractivity contribution in [3.05, 3.63) is 0 Å². The molecule has 0 aromatic rings. The fourth-order valence-electron chi connectivity index (χ4n) is 4.12. The average molecular weight is 441 g/mol. The highest BCUT2D eigenvalue weighted by Gasteiger charge is 2.13. The van der Waals surface area contributed by atoms with Crippen LogP contribution in [0, 0.1) is 0 Å². The standard InChI is InChI=1S/C27H52O4/c1-3-5-6-7-8-9-10-11-12-13-14-15-16-20-24-27(30)31-25(21-4-2)22-18-17-19-23-26(28)29/h25H,3-24H2,1-2H3,(H,28,29). The van der Waals surface area contributed by atoms with Crippen molar-refractivity contribution in [1.29, 1.82) is 0 Å². The number of ether oxygens (including phenoxy) is 1. The number of carbonyl (C=O) groups excluding carboxylic acids is 1. The monoisotopic (exact) mass is 440 g/mol. The zero-order valence-electron chi connectivity index (χ0n) is 20.8. The topological polar surface area (TPSA) is 63.6 Å². The number of rotatable bonds is 24. The molecule has 0 radical (unpaired) electrons. The first kappa shape index (κ1) is 29.9. The fourth-order valence-corrected chi connectivity index (χ4v) is 4.12. The number of carboxylic acid groups (broad SMARTS) is 1. The SMILES string of the molecule is CCCCCCCCCCCCCCCCC(=O)OC(CCC)CCCCCC(=O)O. The van der Waals surface area contributed by atoms with E-state index in [4.69, 9.17) is 9.84 Å². The van der Waals surface area contributed by atoms with Gasteiger partial charge < -0.3 is 9.84 Å². The molecule has 31 heavy (non-hydrogen) atoms. The third-order valence-electron chi connectivity index (χ3n) is 6.06. The van der Waals surface area contributed by atoms with Crippen molar-refractivity contribution < 1.29 is 19.4 Å². The van der Waals surface area contributed by atoms with E-state index in [0.717, 1.165) is 44.9 Å². The van der Waals surface area contributed by atoms with E-state index in [1.807, 2.05) is 0 Å². The van der Waals surface area contributed by atoms with Crippen molar-refractivity contribution in [2.75, 3.05) is 0 Å². The first-order valence-electron chi connectivity index (χ1n) is 13.5. The molecule has 0 heterocycles. The number of carbonyl (C=O) groups is 2. The van der Waals surface area contributed by atoms with E-state index in [0.29, 0.717) is 12.8 Å². The first-order chi connectivity index (χ1) is 15.1. The molecule has 0 spiro atoms. The summed E-state index contributed by atoms with van der Waals surface area (Å²) >= 11 is 0. The predicted molar refractivity (Wildman–Crippen MR) is 130 cm³/mol. The number of esters is 1. The molecule has 0 aliphatic rings. The van der Waals surface area contributed by atoms with Crippen LogP contribution in [0.2, 0.25) is 0 Å². The van der Waals surface area contributed by atoms with Crippen LogP contribution in [0.25, 0.3) is 0 Å². The second-order valence-electron chi connectivity index (χ2n) is 9.24. The van der Waals surface area contributed by atoms with Crippen molar-refractivity contribution in [2.45, 2.75) is 161 Å². The van der Waals surface area contributed by atoms with Gasteiger partial charge in [-0.25, -0.2) is 0 Å². The van der Waals surface area contributed by atoms with Crippen molar-refractivity contribution in [3.63, 3.8) is 0 Å². The van der Waals surface area contributed by atoms with E-state index in [1.54, 1.807) is 0 Å². The van der Waals surface area contributed by atoms with Gasteiger partial charge in [0, 0.05) is 12.8 Å². The Morgan fingerprint density at radius 3 is 1.52 bits per heavy atom. The molecule has 0 saturated heterocycles. The third-order valence-corrected chi connectivity index (χ3v) is 6.06. The lowest BCUT2D eigenvalue weighted by Crippen LogP contribution is -2.18. The summed E-state index contributed by atoms with van der Waals surface area (Å²) in [5, 5.41) is 8.68. The molecule has 0 aromatic heterocycles. The number of carboxylic acids is 1. The van der Waals surface area contributed by atoms with E-state index in [9.17, 15) is 9.59 Å². The average Bonchev–Trinajstić information content (AvgIpc) is 2.73. The van der Waals surface area contributed by atoms with Gasteiger partial charge in [-0.1, -0.05) is 110 Å². The minimum Gasteiger partial charge on any atom is -0.481 e. The lowest BCUT2D eigenvalue weighted by atomic mass is 10.0. The van der Waals surface area contributed by atoms with Crippen molar-refractivity contribution >= 4 is 11.9 Å². The van der Waals surface area contributed by atoms with Crippen LogP contribution in [0.15, 0.2) is 0 Å². The lowest BCUT2D eigenvalue weighted by Gasteiger charge is -2.17. The summed E-state index contributed by atoms with van der Waals surface area (Å²) in [5.41, 5.74) is 0. The highest BCUT2D eigenvalue weighted by Crippen LogP contribution is 2.16. The molecule has 0 bridgehead atoms. The Morgan fingerprint density at radius 2 is 1.03 bits per heavy atom. The van der Waals surface area contributed by atoms with E-state index in [1.165, 1.54) is 77.0 Å². The van der Waals surface area contributed by atoms with Crippen molar-refractivity contribution in [1.82, 2.24) is 0 Å². The normalized spacial score (nSPS) is 12.1. The summed E-state index contributed by atoms with van der Waals surface area (Å²) in [7, 11) is 0. The maximum absolute atomic E-state index is 12.1. The quantitative estimate of drug-likeness (QED) is 0.120. The summed E-state index contributed by atoms with van der Waals surface area (Å²) in [6, 6.07) is 0. The minimum absolute atomic E-state index is 0.00831. The summed E-state index contributed by atoms with van der Waals surface area (Å²) in [6.45, 7) is 4.38. The Kier molecular flexibility index (Phi) is 22.8. The second-order valence-corrected chi connectivity index (χ2v) is 9.24. The smallest absolute Gasteiger partial charge is 0.306 e. The molecule has 184 valence electrons. The van der Waals surface area contributed by atoms with Gasteiger partial charge in [-0.15, -0.1) is 0 Å². The largest absolute Gasteiger partial charge is 0.481 e. The van der Waals surface area contributed by atoms with Gasteiger partial charge in [0.2, 0.25) is 0 Å². The predicted octanol–water partition coefficient (Wildman–Crippen LogP) is 8.60. The Labute approximate surface area is 192 Å². The molecule has 0 amide bonds. The maximum atomic E-state index is 12.1. The van der Waals surface area contributed by atoms with Gasteiger partial charge in [0.05, 0.1) is 0 Å². The van der Waals surface area contributed by atoms with Crippen LogP contribution in [0.5, 0.6) is 0 Å². The van der Waals surface area contributed by atoms with Crippen LogP contribution in [-0.4, -0.2) is 23.1 Å². The number of hydrogen-bond donors (Lipinski definition) is 1. The molecule has 1 N–H and O–H groups in total. The van der Waals surface area contributed by atoms with Crippen molar-refractivity contribution in [3.8, 4) is 0 Å². The van der Waals surface area contributed by atoms with Gasteiger partial charge in [0.15, 0.2) is 0 Å². The zero-order valence-corrected chi connectivity index (χ0v) is 20.8. The highest BCUT2D eigenvalue weighted by molar-refractivity contribution is 5.69. The van der Waals surface area contributed by atoms with Gasteiger partial charge in [-0.05, 0) is 32.1 Å². The fraction of sp³-hybridized carbons (Fsp3) is 0.926. The van der Waals surface area contributed by atoms with E-state index >= 15 is 0 Å².